The number of aliphatic carboxylic acids is 1. The molecular weight excluding hydrogens is 326 g/mol. The maximum absolute atomic E-state index is 11.9. The van der Waals surface area contributed by atoms with Crippen molar-refractivity contribution >= 4 is 23.5 Å². The van der Waals surface area contributed by atoms with Crippen LogP contribution >= 0.6 is 0 Å². The van der Waals surface area contributed by atoms with Gasteiger partial charge in [0.2, 0.25) is 0 Å². The third kappa shape index (κ3) is 6.74. The lowest BCUT2D eigenvalue weighted by molar-refractivity contribution is -0.137. The van der Waals surface area contributed by atoms with Crippen LogP contribution < -0.4 is 10.6 Å². The van der Waals surface area contributed by atoms with Crippen LogP contribution in [0.25, 0.3) is 0 Å². The smallest absolute Gasteiger partial charge is 0.340 e. The number of rotatable bonds is 9. The largest absolute Gasteiger partial charge is 0.481 e. The number of amides is 1. The Hall–Kier alpha value is -3.34. The Morgan fingerprint density at radius 2 is 2.04 bits per heavy atom. The molecule has 0 spiro atoms. The number of anilines is 1. The van der Waals surface area contributed by atoms with E-state index in [2.05, 4.69) is 10.6 Å². The molecule has 1 amide bonds. The van der Waals surface area contributed by atoms with E-state index in [-0.39, 0.29) is 37.1 Å². The summed E-state index contributed by atoms with van der Waals surface area (Å²) in [5, 5.41) is 22.8. The van der Waals surface area contributed by atoms with E-state index >= 15 is 0 Å². The fraction of sp³-hybridized carbons (Fsp3) is 0.294. The van der Waals surface area contributed by atoms with Gasteiger partial charge in [0.15, 0.2) is 0 Å². The zero-order valence-corrected chi connectivity index (χ0v) is 13.7. The van der Waals surface area contributed by atoms with Crippen molar-refractivity contribution in [1.82, 2.24) is 5.32 Å². The molecule has 0 radical (unpaired) electrons. The molecule has 0 saturated carbocycles. The number of benzene rings is 1. The monoisotopic (exact) mass is 345 g/mol. The van der Waals surface area contributed by atoms with E-state index in [0.717, 1.165) is 0 Å². The zero-order valence-electron chi connectivity index (χ0n) is 13.7. The number of hydrogen-bond acceptors (Lipinski definition) is 6. The van der Waals surface area contributed by atoms with Crippen molar-refractivity contribution in [2.75, 3.05) is 18.5 Å². The topological polar surface area (TPSA) is 129 Å². The number of nitrogens with zero attached hydrogens (tertiary/aromatic N) is 1. The Morgan fingerprint density at radius 1 is 1.32 bits per heavy atom. The highest BCUT2D eigenvalue weighted by molar-refractivity contribution is 5.98. The minimum atomic E-state index is -0.956. The Balaban J connectivity index is 2.75. The first-order valence-corrected chi connectivity index (χ1v) is 7.62. The predicted molar refractivity (Wildman–Crippen MR) is 89.6 cm³/mol. The van der Waals surface area contributed by atoms with E-state index in [9.17, 15) is 14.4 Å². The normalized spacial score (nSPS) is 10.5. The van der Waals surface area contributed by atoms with Gasteiger partial charge in [-0.05, 0) is 25.5 Å². The third-order valence-electron chi connectivity index (χ3n) is 3.01. The van der Waals surface area contributed by atoms with Crippen LogP contribution in [0.5, 0.6) is 0 Å². The number of nitrogens with one attached hydrogen (secondary N) is 2. The number of carboxylic acid groups (broad SMARTS) is 1. The van der Waals surface area contributed by atoms with Gasteiger partial charge in [-0.2, -0.15) is 5.26 Å². The first kappa shape index (κ1) is 19.7. The molecule has 3 N–H and O–H groups in total. The van der Waals surface area contributed by atoms with Crippen LogP contribution in [-0.4, -0.2) is 36.1 Å². The SMILES string of the molecule is CCOC(=O)c1ccccc1N/C=C(/C#N)C(=O)NCCCC(=O)O. The number of carboxylic acids is 1. The van der Waals surface area contributed by atoms with E-state index < -0.39 is 17.8 Å². The second kappa shape index (κ2) is 10.4. The van der Waals surface area contributed by atoms with Crippen LogP contribution in [0.1, 0.15) is 30.1 Å². The molecule has 0 aliphatic rings. The van der Waals surface area contributed by atoms with Crippen LogP contribution in [0.15, 0.2) is 36.0 Å². The summed E-state index contributed by atoms with van der Waals surface area (Å²) in [7, 11) is 0. The second-order valence-electron chi connectivity index (χ2n) is 4.83. The molecule has 0 unspecified atom stereocenters. The van der Waals surface area contributed by atoms with Crippen molar-refractivity contribution in [2.45, 2.75) is 19.8 Å². The van der Waals surface area contributed by atoms with Gasteiger partial charge in [0.05, 0.1) is 17.9 Å². The molecular formula is C17H19N3O5. The molecule has 8 heteroatoms. The first-order valence-electron chi connectivity index (χ1n) is 7.62. The molecule has 0 bridgehead atoms. The Bertz CT molecular complexity index is 706. The van der Waals surface area contributed by atoms with E-state index in [1.165, 1.54) is 6.20 Å². The molecule has 132 valence electrons. The van der Waals surface area contributed by atoms with Crippen molar-refractivity contribution in [2.24, 2.45) is 0 Å². The molecule has 0 saturated heterocycles. The van der Waals surface area contributed by atoms with E-state index in [4.69, 9.17) is 15.1 Å². The Morgan fingerprint density at radius 3 is 2.68 bits per heavy atom. The quantitative estimate of drug-likeness (QED) is 0.269. The van der Waals surface area contributed by atoms with Gasteiger partial charge >= 0.3 is 11.9 Å². The predicted octanol–water partition coefficient (Wildman–Crippen LogP) is 1.66. The fourth-order valence-corrected chi connectivity index (χ4v) is 1.83. The lowest BCUT2D eigenvalue weighted by Crippen LogP contribution is -2.26. The Labute approximate surface area is 145 Å². The fourth-order valence-electron chi connectivity index (χ4n) is 1.83. The molecule has 0 aromatic heterocycles. The van der Waals surface area contributed by atoms with Gasteiger partial charge in [-0.25, -0.2) is 4.79 Å². The number of carbonyl (C=O) groups excluding carboxylic acids is 2. The highest BCUT2D eigenvalue weighted by Gasteiger charge is 2.12. The Kier molecular flexibility index (Phi) is 8.23. The van der Waals surface area contributed by atoms with Gasteiger partial charge in [0, 0.05) is 19.2 Å². The van der Waals surface area contributed by atoms with Crippen molar-refractivity contribution in [3.63, 3.8) is 0 Å². The molecule has 8 nitrogen and oxygen atoms in total. The molecule has 1 aromatic rings. The summed E-state index contributed by atoms with van der Waals surface area (Å²) in [6.45, 7) is 2.06. The number of ether oxygens (including phenoxy) is 1. The van der Waals surface area contributed by atoms with Crippen LogP contribution in [0.2, 0.25) is 0 Å². The molecule has 0 heterocycles. The molecule has 25 heavy (non-hydrogen) atoms. The van der Waals surface area contributed by atoms with Gasteiger partial charge in [-0.15, -0.1) is 0 Å². The number of para-hydroxylation sites is 1. The number of hydrogen-bond donors (Lipinski definition) is 3. The maximum atomic E-state index is 11.9. The number of nitriles is 1. The summed E-state index contributed by atoms with van der Waals surface area (Å²) >= 11 is 0. The standard InChI is InChI=1S/C17H19N3O5/c1-2-25-17(24)13-6-3-4-7-14(13)20-11-12(10-18)16(23)19-9-5-8-15(21)22/h3-4,6-7,11,20H,2,5,8-9H2,1H3,(H,19,23)(H,21,22)/b12-11-. The summed E-state index contributed by atoms with van der Waals surface area (Å²) in [5.74, 6) is -2.10. The van der Waals surface area contributed by atoms with Crippen LogP contribution in [-0.2, 0) is 14.3 Å². The summed E-state index contributed by atoms with van der Waals surface area (Å²) in [4.78, 5) is 34.2. The van der Waals surface area contributed by atoms with Gasteiger partial charge in [0.25, 0.3) is 5.91 Å². The lowest BCUT2D eigenvalue weighted by atomic mass is 10.1. The van der Waals surface area contributed by atoms with E-state index in [0.29, 0.717) is 5.69 Å². The maximum Gasteiger partial charge on any atom is 0.340 e. The minimum Gasteiger partial charge on any atom is -0.481 e. The van der Waals surface area contributed by atoms with Gasteiger partial charge in [0.1, 0.15) is 11.6 Å². The average Bonchev–Trinajstić information content (AvgIpc) is 2.59. The molecule has 0 aliphatic carbocycles. The van der Waals surface area contributed by atoms with E-state index in [1.807, 2.05) is 0 Å². The summed E-state index contributed by atoms with van der Waals surface area (Å²) < 4.78 is 4.94. The van der Waals surface area contributed by atoms with Crippen molar-refractivity contribution in [3.05, 3.63) is 41.6 Å². The second-order valence-corrected chi connectivity index (χ2v) is 4.83. The number of carbonyl (C=O) groups is 3. The number of esters is 1. The van der Waals surface area contributed by atoms with Crippen LogP contribution in [0.3, 0.4) is 0 Å². The zero-order chi connectivity index (χ0) is 18.7. The van der Waals surface area contributed by atoms with Crippen molar-refractivity contribution in [3.8, 4) is 6.07 Å². The first-order chi connectivity index (χ1) is 12.0. The van der Waals surface area contributed by atoms with Gasteiger partial charge < -0.3 is 20.5 Å². The molecule has 1 rings (SSSR count). The molecule has 0 aliphatic heterocycles. The lowest BCUT2D eigenvalue weighted by Gasteiger charge is -2.09. The summed E-state index contributed by atoms with van der Waals surface area (Å²) in [5.41, 5.74) is 0.473. The molecule has 0 fully saturated rings. The highest BCUT2D eigenvalue weighted by atomic mass is 16.5. The summed E-state index contributed by atoms with van der Waals surface area (Å²) in [6.07, 6.45) is 1.38. The van der Waals surface area contributed by atoms with Gasteiger partial charge in [-0.1, -0.05) is 12.1 Å². The minimum absolute atomic E-state index is 0.0724. The highest BCUT2D eigenvalue weighted by Crippen LogP contribution is 2.16. The van der Waals surface area contributed by atoms with Gasteiger partial charge in [-0.3, -0.25) is 9.59 Å². The van der Waals surface area contributed by atoms with Crippen LogP contribution in [0.4, 0.5) is 5.69 Å². The third-order valence-corrected chi connectivity index (χ3v) is 3.01. The molecule has 1 aromatic carbocycles. The van der Waals surface area contributed by atoms with Crippen molar-refractivity contribution in [1.29, 1.82) is 5.26 Å². The molecule has 0 atom stereocenters. The van der Waals surface area contributed by atoms with E-state index in [1.54, 1.807) is 37.3 Å². The van der Waals surface area contributed by atoms with Crippen LogP contribution in [0, 0.1) is 11.3 Å². The average molecular weight is 345 g/mol. The summed E-state index contributed by atoms with van der Waals surface area (Å²) in [6, 6.07) is 8.28. The van der Waals surface area contributed by atoms with Crippen molar-refractivity contribution < 1.29 is 24.2 Å².